The lowest BCUT2D eigenvalue weighted by atomic mass is 10.1. The number of H-pyrrole nitrogens is 1. The molecule has 0 atom stereocenters. The third kappa shape index (κ3) is 2.97. The fourth-order valence-electron chi connectivity index (χ4n) is 1.73. The van der Waals surface area contributed by atoms with Crippen LogP contribution >= 0.6 is 11.6 Å². The Labute approximate surface area is 125 Å². The van der Waals surface area contributed by atoms with Crippen LogP contribution in [0, 0.1) is 0 Å². The first-order valence-corrected chi connectivity index (χ1v) is 6.28. The number of methoxy groups -OCH3 is 1. The van der Waals surface area contributed by atoms with Crippen LogP contribution in [0.3, 0.4) is 0 Å². The van der Waals surface area contributed by atoms with E-state index in [0.29, 0.717) is 28.7 Å². The number of aromatic nitrogens is 3. The Hall–Kier alpha value is -2.54. The smallest absolute Gasteiger partial charge is 0.271 e. The number of aromatic amines is 1. The lowest BCUT2D eigenvalue weighted by molar-refractivity contribution is 0.0996. The highest BCUT2D eigenvalue weighted by Crippen LogP contribution is 2.38. The molecule has 0 unspecified atom stereocenters. The third-order valence-corrected chi connectivity index (χ3v) is 2.96. The molecule has 8 heteroatoms. The van der Waals surface area contributed by atoms with E-state index >= 15 is 0 Å². The number of primary amides is 1. The number of halogens is 1. The van der Waals surface area contributed by atoms with Crippen molar-refractivity contribution < 1.29 is 14.3 Å². The van der Waals surface area contributed by atoms with E-state index < -0.39 is 5.91 Å². The first kappa shape index (κ1) is 14.9. The topological polar surface area (TPSA) is 103 Å². The van der Waals surface area contributed by atoms with Crippen molar-refractivity contribution in [3.8, 4) is 22.8 Å². The highest BCUT2D eigenvalue weighted by molar-refractivity contribution is 6.33. The van der Waals surface area contributed by atoms with Crippen molar-refractivity contribution in [3.05, 3.63) is 35.5 Å². The van der Waals surface area contributed by atoms with Crippen LogP contribution in [0.2, 0.25) is 5.02 Å². The van der Waals surface area contributed by atoms with Crippen LogP contribution < -0.4 is 15.2 Å². The maximum atomic E-state index is 11.3. The van der Waals surface area contributed by atoms with Gasteiger partial charge in [0.2, 0.25) is 0 Å². The normalized spacial score (nSPS) is 10.2. The number of nitrogens with one attached hydrogen (secondary N) is 1. The van der Waals surface area contributed by atoms with Gasteiger partial charge in [-0.25, -0.2) is 0 Å². The molecule has 0 radical (unpaired) electrons. The second kappa shape index (κ2) is 6.27. The van der Waals surface area contributed by atoms with E-state index in [-0.39, 0.29) is 11.4 Å². The van der Waals surface area contributed by atoms with E-state index in [2.05, 4.69) is 22.0 Å². The first-order valence-electron chi connectivity index (χ1n) is 5.90. The molecule has 1 amide bonds. The second-order valence-electron chi connectivity index (χ2n) is 3.97. The van der Waals surface area contributed by atoms with Crippen molar-refractivity contribution in [2.75, 3.05) is 13.7 Å². The zero-order valence-electron chi connectivity index (χ0n) is 11.2. The molecule has 0 saturated heterocycles. The molecule has 3 N–H and O–H groups in total. The number of carbonyl (C=O) groups is 1. The molecule has 0 saturated carbocycles. The van der Waals surface area contributed by atoms with Gasteiger partial charge in [-0.05, 0) is 6.07 Å². The van der Waals surface area contributed by atoms with Gasteiger partial charge in [0.05, 0.1) is 12.1 Å². The van der Waals surface area contributed by atoms with Gasteiger partial charge < -0.3 is 15.2 Å². The van der Waals surface area contributed by atoms with Gasteiger partial charge in [0.25, 0.3) is 5.91 Å². The zero-order chi connectivity index (χ0) is 15.4. The van der Waals surface area contributed by atoms with Crippen molar-refractivity contribution in [2.45, 2.75) is 0 Å². The summed E-state index contributed by atoms with van der Waals surface area (Å²) in [6, 6.07) is 3.17. The summed E-state index contributed by atoms with van der Waals surface area (Å²) in [4.78, 5) is 11.3. The monoisotopic (exact) mass is 308 g/mol. The molecule has 0 fully saturated rings. The van der Waals surface area contributed by atoms with Crippen LogP contribution in [-0.2, 0) is 0 Å². The number of ether oxygens (including phenoxy) is 2. The second-order valence-corrected chi connectivity index (χ2v) is 4.37. The minimum atomic E-state index is -0.708. The molecule has 0 aliphatic heterocycles. The third-order valence-electron chi connectivity index (χ3n) is 2.65. The Kier molecular flexibility index (Phi) is 4.44. The molecular weight excluding hydrogens is 296 g/mol. The molecule has 2 aromatic rings. The Morgan fingerprint density at radius 1 is 1.48 bits per heavy atom. The zero-order valence-corrected chi connectivity index (χ0v) is 12.0. The van der Waals surface area contributed by atoms with Crippen molar-refractivity contribution >= 4 is 17.5 Å². The molecule has 0 aliphatic carbocycles. The van der Waals surface area contributed by atoms with Crippen LogP contribution in [0.15, 0.2) is 24.8 Å². The maximum absolute atomic E-state index is 11.3. The summed E-state index contributed by atoms with van der Waals surface area (Å²) >= 11 is 6.21. The highest BCUT2D eigenvalue weighted by atomic mass is 35.5. The number of carbonyl (C=O) groups excluding carboxylic acids is 1. The van der Waals surface area contributed by atoms with Gasteiger partial charge in [0, 0.05) is 11.6 Å². The number of hydrogen-bond acceptors (Lipinski definition) is 5. The Morgan fingerprint density at radius 3 is 2.86 bits per heavy atom. The van der Waals surface area contributed by atoms with Gasteiger partial charge in [0.15, 0.2) is 17.2 Å². The molecular formula is C13H13ClN4O3. The molecule has 1 aromatic heterocycles. The summed E-state index contributed by atoms with van der Waals surface area (Å²) in [6.45, 7) is 3.88. The van der Waals surface area contributed by atoms with E-state index in [1.54, 1.807) is 18.2 Å². The molecule has 2 rings (SSSR count). The quantitative estimate of drug-likeness (QED) is 0.792. The van der Waals surface area contributed by atoms with Crippen molar-refractivity contribution in [3.63, 3.8) is 0 Å². The summed E-state index contributed by atoms with van der Waals surface area (Å²) in [5, 5.41) is 10.3. The maximum Gasteiger partial charge on any atom is 0.271 e. The number of rotatable bonds is 6. The standard InChI is InChI=1S/C13H13ClN4O3/c1-3-4-21-10-6-8(14)7(5-9(10)20-2)11-12(13(15)19)17-18-16-11/h3,5-6H,1,4H2,2H3,(H2,15,19)(H,16,17,18). The van der Waals surface area contributed by atoms with E-state index in [1.807, 2.05) is 0 Å². The van der Waals surface area contributed by atoms with Crippen LogP contribution in [0.1, 0.15) is 10.5 Å². The van der Waals surface area contributed by atoms with Gasteiger partial charge in [-0.3, -0.25) is 4.79 Å². The largest absolute Gasteiger partial charge is 0.493 e. The summed E-state index contributed by atoms with van der Waals surface area (Å²) in [7, 11) is 1.49. The van der Waals surface area contributed by atoms with Gasteiger partial charge in [-0.15, -0.1) is 0 Å². The predicted octanol–water partition coefficient (Wildman–Crippen LogP) is 1.80. The Bertz CT molecular complexity index is 684. The van der Waals surface area contributed by atoms with Crippen LogP contribution in [0.4, 0.5) is 0 Å². The number of nitrogens with two attached hydrogens (primary N) is 1. The number of nitrogens with zero attached hydrogens (tertiary/aromatic N) is 2. The molecule has 0 aliphatic rings. The van der Waals surface area contributed by atoms with E-state index in [1.165, 1.54) is 7.11 Å². The minimum absolute atomic E-state index is 0.00119. The summed E-state index contributed by atoms with van der Waals surface area (Å²) < 4.78 is 10.7. The lowest BCUT2D eigenvalue weighted by Crippen LogP contribution is -2.12. The highest BCUT2D eigenvalue weighted by Gasteiger charge is 2.20. The average molecular weight is 309 g/mol. The number of hydrogen-bond donors (Lipinski definition) is 2. The van der Waals surface area contributed by atoms with Crippen molar-refractivity contribution in [1.82, 2.24) is 15.4 Å². The summed E-state index contributed by atoms with van der Waals surface area (Å²) in [5.74, 6) is 0.186. The van der Waals surface area contributed by atoms with E-state index in [0.717, 1.165) is 0 Å². The molecule has 21 heavy (non-hydrogen) atoms. The van der Waals surface area contributed by atoms with Gasteiger partial charge >= 0.3 is 0 Å². The average Bonchev–Trinajstić information content (AvgIpc) is 2.94. The lowest BCUT2D eigenvalue weighted by Gasteiger charge is -2.12. The minimum Gasteiger partial charge on any atom is -0.493 e. The van der Waals surface area contributed by atoms with Crippen LogP contribution in [-0.4, -0.2) is 35.0 Å². The molecule has 1 heterocycles. The molecule has 7 nitrogen and oxygen atoms in total. The van der Waals surface area contributed by atoms with Crippen molar-refractivity contribution in [1.29, 1.82) is 0 Å². The molecule has 0 spiro atoms. The fraction of sp³-hybridized carbons (Fsp3) is 0.154. The fourth-order valence-corrected chi connectivity index (χ4v) is 1.97. The first-order chi connectivity index (χ1) is 10.1. The Morgan fingerprint density at radius 2 is 2.24 bits per heavy atom. The molecule has 110 valence electrons. The van der Waals surface area contributed by atoms with Gasteiger partial charge in [-0.1, -0.05) is 24.3 Å². The summed E-state index contributed by atoms with van der Waals surface area (Å²) in [5.41, 5.74) is 5.95. The number of benzene rings is 1. The summed E-state index contributed by atoms with van der Waals surface area (Å²) in [6.07, 6.45) is 1.60. The van der Waals surface area contributed by atoms with Gasteiger partial charge in [0.1, 0.15) is 12.3 Å². The van der Waals surface area contributed by atoms with Crippen molar-refractivity contribution in [2.24, 2.45) is 5.73 Å². The van der Waals surface area contributed by atoms with E-state index in [9.17, 15) is 4.79 Å². The van der Waals surface area contributed by atoms with E-state index in [4.69, 9.17) is 26.8 Å². The molecule has 1 aromatic carbocycles. The predicted molar refractivity (Wildman–Crippen MR) is 77.6 cm³/mol. The Balaban J connectivity index is 2.52. The number of amides is 1. The van der Waals surface area contributed by atoms with Crippen LogP contribution in [0.5, 0.6) is 11.5 Å². The SMILES string of the molecule is C=CCOc1cc(Cl)c(-c2n[nH]nc2C(N)=O)cc1OC. The van der Waals surface area contributed by atoms with Crippen LogP contribution in [0.25, 0.3) is 11.3 Å². The van der Waals surface area contributed by atoms with Gasteiger partial charge in [-0.2, -0.15) is 15.4 Å². The molecule has 0 bridgehead atoms.